The first-order valence-corrected chi connectivity index (χ1v) is 6.82. The molecule has 110 valence electrons. The van der Waals surface area contributed by atoms with E-state index >= 15 is 0 Å². The average Bonchev–Trinajstić information content (AvgIpc) is 2.88. The Bertz CT molecular complexity index is 700. The standard InChI is InChI=1S/C12H12N4O4S/c1-6-3-10(13-4-9(6)16(19)20)14-7(2)11-15-8(5-21-11)12(17)18/h3-5,7H,1-2H3,(H,13,14)(H,17,18). The predicted molar refractivity (Wildman–Crippen MR) is 76.7 cm³/mol. The van der Waals surface area contributed by atoms with Gasteiger partial charge in [0.2, 0.25) is 0 Å². The lowest BCUT2D eigenvalue weighted by molar-refractivity contribution is -0.385. The van der Waals surface area contributed by atoms with E-state index in [0.29, 0.717) is 16.4 Å². The number of rotatable bonds is 5. The molecule has 2 aromatic rings. The van der Waals surface area contributed by atoms with Crippen molar-refractivity contribution in [2.24, 2.45) is 0 Å². The van der Waals surface area contributed by atoms with Crippen LogP contribution in [0.3, 0.4) is 0 Å². The number of pyridine rings is 1. The number of aromatic carboxylic acids is 1. The number of carbonyl (C=O) groups is 1. The lowest BCUT2D eigenvalue weighted by Gasteiger charge is -2.12. The summed E-state index contributed by atoms with van der Waals surface area (Å²) in [6.45, 7) is 3.43. The monoisotopic (exact) mass is 308 g/mol. The first-order valence-electron chi connectivity index (χ1n) is 5.94. The number of nitrogens with zero attached hydrogens (tertiary/aromatic N) is 3. The van der Waals surface area contributed by atoms with Crippen LogP contribution >= 0.6 is 11.3 Å². The molecule has 0 saturated carbocycles. The number of aromatic nitrogens is 2. The fourth-order valence-electron chi connectivity index (χ4n) is 1.69. The molecule has 2 N–H and O–H groups in total. The minimum atomic E-state index is -1.07. The molecule has 2 heterocycles. The molecule has 0 fully saturated rings. The van der Waals surface area contributed by atoms with Crippen molar-refractivity contribution in [1.29, 1.82) is 0 Å². The van der Waals surface area contributed by atoms with Crippen LogP contribution in [0.4, 0.5) is 11.5 Å². The maximum absolute atomic E-state index is 10.8. The van der Waals surface area contributed by atoms with Crippen LogP contribution in [-0.4, -0.2) is 26.0 Å². The van der Waals surface area contributed by atoms with Gasteiger partial charge in [0.25, 0.3) is 5.69 Å². The summed E-state index contributed by atoms with van der Waals surface area (Å²) in [4.78, 5) is 29.0. The summed E-state index contributed by atoms with van der Waals surface area (Å²) in [5, 5.41) is 24.7. The number of nitro groups is 1. The predicted octanol–water partition coefficient (Wildman–Crippen LogP) is 2.63. The number of carboxylic acids is 1. The molecule has 0 radical (unpaired) electrons. The van der Waals surface area contributed by atoms with Crippen LogP contribution in [0.25, 0.3) is 0 Å². The van der Waals surface area contributed by atoms with Gasteiger partial charge in [0, 0.05) is 10.9 Å². The molecule has 2 aromatic heterocycles. The molecule has 8 nitrogen and oxygen atoms in total. The number of hydrogen-bond donors (Lipinski definition) is 2. The molecule has 0 aromatic carbocycles. The van der Waals surface area contributed by atoms with Gasteiger partial charge >= 0.3 is 5.97 Å². The third-order valence-corrected chi connectivity index (χ3v) is 3.78. The van der Waals surface area contributed by atoms with Crippen LogP contribution in [0.15, 0.2) is 17.6 Å². The topological polar surface area (TPSA) is 118 Å². The van der Waals surface area contributed by atoms with Crippen molar-refractivity contribution in [3.63, 3.8) is 0 Å². The van der Waals surface area contributed by atoms with Crippen LogP contribution in [0.2, 0.25) is 0 Å². The van der Waals surface area contributed by atoms with Crippen LogP contribution in [0.5, 0.6) is 0 Å². The van der Waals surface area contributed by atoms with E-state index in [1.807, 2.05) is 6.92 Å². The van der Waals surface area contributed by atoms with Gasteiger partial charge in [-0.25, -0.2) is 14.8 Å². The molecule has 2 rings (SSSR count). The van der Waals surface area contributed by atoms with Gasteiger partial charge in [-0.1, -0.05) is 0 Å². The van der Waals surface area contributed by atoms with E-state index in [1.165, 1.54) is 22.9 Å². The molecular formula is C12H12N4O4S. The number of hydrogen-bond acceptors (Lipinski definition) is 7. The molecule has 0 aliphatic heterocycles. The zero-order chi connectivity index (χ0) is 15.6. The molecule has 0 amide bonds. The third-order valence-electron chi connectivity index (χ3n) is 2.76. The largest absolute Gasteiger partial charge is 0.476 e. The highest BCUT2D eigenvalue weighted by Crippen LogP contribution is 2.24. The quantitative estimate of drug-likeness (QED) is 0.643. The van der Waals surface area contributed by atoms with Crippen molar-refractivity contribution < 1.29 is 14.8 Å². The Kier molecular flexibility index (Phi) is 4.13. The van der Waals surface area contributed by atoms with Crippen molar-refractivity contribution in [2.75, 3.05) is 5.32 Å². The summed E-state index contributed by atoms with van der Waals surface area (Å²) in [6.07, 6.45) is 1.19. The van der Waals surface area contributed by atoms with Crippen LogP contribution in [0.1, 0.15) is 34.0 Å². The van der Waals surface area contributed by atoms with E-state index < -0.39 is 10.9 Å². The zero-order valence-electron chi connectivity index (χ0n) is 11.2. The van der Waals surface area contributed by atoms with Gasteiger partial charge in [0.05, 0.1) is 11.0 Å². The van der Waals surface area contributed by atoms with Gasteiger partial charge in [0.15, 0.2) is 5.69 Å². The van der Waals surface area contributed by atoms with Gasteiger partial charge in [-0.15, -0.1) is 11.3 Å². The van der Waals surface area contributed by atoms with Crippen LogP contribution in [-0.2, 0) is 0 Å². The van der Waals surface area contributed by atoms with E-state index in [0.717, 1.165) is 0 Å². The fraction of sp³-hybridized carbons (Fsp3) is 0.250. The fourth-order valence-corrected chi connectivity index (χ4v) is 2.49. The molecule has 1 atom stereocenters. The second-order valence-electron chi connectivity index (χ2n) is 4.36. The third kappa shape index (κ3) is 3.31. The molecule has 0 aliphatic rings. The highest BCUT2D eigenvalue weighted by Gasteiger charge is 2.16. The van der Waals surface area contributed by atoms with E-state index in [2.05, 4.69) is 15.3 Å². The maximum atomic E-state index is 10.8. The van der Waals surface area contributed by atoms with Gasteiger partial charge in [-0.3, -0.25) is 10.1 Å². The summed E-state index contributed by atoms with van der Waals surface area (Å²) >= 11 is 1.23. The smallest absolute Gasteiger partial charge is 0.355 e. The Labute approximate surface area is 123 Å². The molecule has 0 spiro atoms. The van der Waals surface area contributed by atoms with E-state index in [9.17, 15) is 14.9 Å². The Morgan fingerprint density at radius 1 is 1.57 bits per heavy atom. The SMILES string of the molecule is Cc1cc(NC(C)c2nc(C(=O)O)cs2)ncc1[N+](=O)[O-]. The van der Waals surface area contributed by atoms with E-state index in [4.69, 9.17) is 5.11 Å². The van der Waals surface area contributed by atoms with Gasteiger partial charge in [-0.2, -0.15) is 0 Å². The number of anilines is 1. The maximum Gasteiger partial charge on any atom is 0.355 e. The summed E-state index contributed by atoms with van der Waals surface area (Å²) in [6, 6.07) is 1.32. The number of thiazole rings is 1. The molecule has 1 unspecified atom stereocenters. The molecule has 0 aliphatic carbocycles. The highest BCUT2D eigenvalue weighted by atomic mass is 32.1. The molecule has 0 saturated heterocycles. The zero-order valence-corrected chi connectivity index (χ0v) is 12.0. The first-order chi connectivity index (χ1) is 9.88. The van der Waals surface area contributed by atoms with Gasteiger partial charge in [-0.05, 0) is 19.9 Å². The highest BCUT2D eigenvalue weighted by molar-refractivity contribution is 7.09. The summed E-state index contributed by atoms with van der Waals surface area (Å²) in [7, 11) is 0. The summed E-state index contributed by atoms with van der Waals surface area (Å²) in [5.41, 5.74) is 0.446. The lowest BCUT2D eigenvalue weighted by atomic mass is 10.2. The minimum Gasteiger partial charge on any atom is -0.476 e. The Hall–Kier alpha value is -2.55. The Balaban J connectivity index is 2.15. The number of carboxylic acid groups (broad SMARTS) is 1. The summed E-state index contributed by atoms with van der Waals surface area (Å²) in [5.74, 6) is -0.605. The normalized spacial score (nSPS) is 11.9. The van der Waals surface area contributed by atoms with Crippen LogP contribution in [0, 0.1) is 17.0 Å². The van der Waals surface area contributed by atoms with E-state index in [1.54, 1.807) is 13.0 Å². The van der Waals surface area contributed by atoms with Crippen LogP contribution < -0.4 is 5.32 Å². The molecule has 9 heteroatoms. The second kappa shape index (κ2) is 5.83. The second-order valence-corrected chi connectivity index (χ2v) is 5.24. The van der Waals surface area contributed by atoms with E-state index in [-0.39, 0.29) is 17.4 Å². The first kappa shape index (κ1) is 14.9. The van der Waals surface area contributed by atoms with Crippen molar-refractivity contribution in [3.05, 3.63) is 44.0 Å². The van der Waals surface area contributed by atoms with Gasteiger partial charge in [0.1, 0.15) is 17.0 Å². The molecule has 0 bridgehead atoms. The number of nitrogens with one attached hydrogen (secondary N) is 1. The molecular weight excluding hydrogens is 296 g/mol. The van der Waals surface area contributed by atoms with Crippen molar-refractivity contribution >= 4 is 28.8 Å². The molecule has 21 heavy (non-hydrogen) atoms. The number of aryl methyl sites for hydroxylation is 1. The minimum absolute atomic E-state index is 0.00325. The van der Waals surface area contributed by atoms with Gasteiger partial charge < -0.3 is 10.4 Å². The average molecular weight is 308 g/mol. The summed E-state index contributed by atoms with van der Waals surface area (Å²) < 4.78 is 0. The van der Waals surface area contributed by atoms with Crippen molar-refractivity contribution in [1.82, 2.24) is 9.97 Å². The van der Waals surface area contributed by atoms with Crippen molar-refractivity contribution in [2.45, 2.75) is 19.9 Å². The Morgan fingerprint density at radius 3 is 2.81 bits per heavy atom. The van der Waals surface area contributed by atoms with Crippen molar-refractivity contribution in [3.8, 4) is 0 Å². The Morgan fingerprint density at radius 2 is 2.29 bits per heavy atom. The lowest BCUT2D eigenvalue weighted by Crippen LogP contribution is -2.09.